The van der Waals surface area contributed by atoms with Gasteiger partial charge in [0.25, 0.3) is 0 Å². The zero-order valence-corrected chi connectivity index (χ0v) is 11.9. The predicted molar refractivity (Wildman–Crippen MR) is 82.7 cm³/mol. The smallest absolute Gasteiger partial charge is 0.143 e. The molecule has 0 unspecified atom stereocenters. The van der Waals surface area contributed by atoms with Gasteiger partial charge in [-0.05, 0) is 31.2 Å². The Balaban J connectivity index is 1.97. The maximum Gasteiger partial charge on any atom is 0.143 e. The lowest BCUT2D eigenvalue weighted by atomic mass is 10.2. The average molecular weight is 292 g/mol. The molecule has 0 aliphatic rings. The molecule has 1 N–H and O–H groups in total. The fourth-order valence-electron chi connectivity index (χ4n) is 2.25. The summed E-state index contributed by atoms with van der Waals surface area (Å²) in [5, 5.41) is 16.5. The third-order valence-corrected chi connectivity index (χ3v) is 3.41. The van der Waals surface area contributed by atoms with E-state index in [0.717, 1.165) is 17.1 Å². The third-order valence-electron chi connectivity index (χ3n) is 3.41. The standard InChI is InChI=1S/C17H13FN4/c1-12-17(11-20-22(12)13-6-3-2-4-7-13)21-16-9-5-8-15(18)14(16)10-19/h2-9,11,21H,1H3. The molecule has 0 saturated carbocycles. The molecular weight excluding hydrogens is 279 g/mol. The van der Waals surface area contributed by atoms with E-state index in [0.29, 0.717) is 5.69 Å². The summed E-state index contributed by atoms with van der Waals surface area (Å²) in [5.41, 5.74) is 2.96. The van der Waals surface area contributed by atoms with Crippen molar-refractivity contribution in [2.75, 3.05) is 5.32 Å². The lowest BCUT2D eigenvalue weighted by Gasteiger charge is -2.09. The average Bonchev–Trinajstić information content (AvgIpc) is 2.89. The van der Waals surface area contributed by atoms with Crippen molar-refractivity contribution in [3.05, 3.63) is 71.8 Å². The van der Waals surface area contributed by atoms with Gasteiger partial charge in [0, 0.05) is 0 Å². The molecule has 3 rings (SSSR count). The number of rotatable bonds is 3. The van der Waals surface area contributed by atoms with Crippen LogP contribution in [0.1, 0.15) is 11.3 Å². The normalized spacial score (nSPS) is 10.2. The van der Waals surface area contributed by atoms with E-state index in [1.165, 1.54) is 6.07 Å². The van der Waals surface area contributed by atoms with E-state index >= 15 is 0 Å². The Morgan fingerprint density at radius 1 is 1.09 bits per heavy atom. The van der Waals surface area contributed by atoms with E-state index in [1.54, 1.807) is 23.0 Å². The highest BCUT2D eigenvalue weighted by atomic mass is 19.1. The fourth-order valence-corrected chi connectivity index (χ4v) is 2.25. The fraction of sp³-hybridized carbons (Fsp3) is 0.0588. The van der Waals surface area contributed by atoms with E-state index in [1.807, 2.05) is 43.3 Å². The first-order valence-electron chi connectivity index (χ1n) is 6.76. The minimum Gasteiger partial charge on any atom is -0.352 e. The summed E-state index contributed by atoms with van der Waals surface area (Å²) in [7, 11) is 0. The summed E-state index contributed by atoms with van der Waals surface area (Å²) in [4.78, 5) is 0. The topological polar surface area (TPSA) is 53.6 Å². The quantitative estimate of drug-likeness (QED) is 0.795. The SMILES string of the molecule is Cc1c(Nc2cccc(F)c2C#N)cnn1-c1ccccc1. The number of benzene rings is 2. The molecule has 0 spiro atoms. The van der Waals surface area contributed by atoms with Crippen molar-refractivity contribution in [3.8, 4) is 11.8 Å². The van der Waals surface area contributed by atoms with Crippen molar-refractivity contribution in [1.82, 2.24) is 9.78 Å². The Bertz CT molecular complexity index is 847. The Morgan fingerprint density at radius 3 is 2.59 bits per heavy atom. The van der Waals surface area contributed by atoms with Crippen molar-refractivity contribution in [3.63, 3.8) is 0 Å². The van der Waals surface area contributed by atoms with Gasteiger partial charge in [-0.3, -0.25) is 0 Å². The van der Waals surface area contributed by atoms with Crippen LogP contribution >= 0.6 is 0 Å². The molecule has 2 aromatic carbocycles. The number of para-hydroxylation sites is 1. The third kappa shape index (κ3) is 2.42. The largest absolute Gasteiger partial charge is 0.352 e. The van der Waals surface area contributed by atoms with E-state index in [-0.39, 0.29) is 5.56 Å². The molecule has 0 aliphatic heterocycles. The number of hydrogen-bond acceptors (Lipinski definition) is 3. The van der Waals surface area contributed by atoms with Gasteiger partial charge in [-0.25, -0.2) is 9.07 Å². The molecule has 5 heteroatoms. The zero-order chi connectivity index (χ0) is 15.5. The van der Waals surface area contributed by atoms with Crippen molar-refractivity contribution in [2.45, 2.75) is 6.92 Å². The zero-order valence-electron chi connectivity index (χ0n) is 11.9. The molecule has 0 fully saturated rings. The number of nitriles is 1. The van der Waals surface area contributed by atoms with Gasteiger partial charge < -0.3 is 5.32 Å². The van der Waals surface area contributed by atoms with Crippen molar-refractivity contribution in [2.24, 2.45) is 0 Å². The number of anilines is 2. The molecule has 0 bridgehead atoms. The van der Waals surface area contributed by atoms with E-state index < -0.39 is 5.82 Å². The predicted octanol–water partition coefficient (Wildman–Crippen LogP) is 3.94. The minimum absolute atomic E-state index is 0.00522. The number of nitrogens with one attached hydrogen (secondary N) is 1. The maximum absolute atomic E-state index is 13.6. The highest BCUT2D eigenvalue weighted by Crippen LogP contribution is 2.25. The van der Waals surface area contributed by atoms with Gasteiger partial charge in [0.15, 0.2) is 0 Å². The van der Waals surface area contributed by atoms with Crippen LogP contribution < -0.4 is 5.32 Å². The van der Waals surface area contributed by atoms with Gasteiger partial charge in [-0.1, -0.05) is 24.3 Å². The summed E-state index contributed by atoms with van der Waals surface area (Å²) in [5.74, 6) is -0.541. The molecule has 1 aromatic heterocycles. The van der Waals surface area contributed by atoms with Crippen LogP contribution in [0.15, 0.2) is 54.7 Å². The second-order valence-electron chi connectivity index (χ2n) is 4.79. The number of halogens is 1. The van der Waals surface area contributed by atoms with Crippen LogP contribution in [0.25, 0.3) is 5.69 Å². The Hall–Kier alpha value is -3.13. The van der Waals surface area contributed by atoms with Gasteiger partial charge in [0.05, 0.1) is 29.0 Å². The Labute approximate surface area is 127 Å². The van der Waals surface area contributed by atoms with Crippen LogP contribution in [0.5, 0.6) is 0 Å². The van der Waals surface area contributed by atoms with Crippen LogP contribution in [0.3, 0.4) is 0 Å². The van der Waals surface area contributed by atoms with Crippen LogP contribution in [0.2, 0.25) is 0 Å². The molecule has 22 heavy (non-hydrogen) atoms. The first-order chi connectivity index (χ1) is 10.7. The summed E-state index contributed by atoms with van der Waals surface area (Å²) in [6, 6.07) is 16.1. The molecule has 1 heterocycles. The van der Waals surface area contributed by atoms with Crippen LogP contribution in [0, 0.1) is 24.1 Å². The number of hydrogen-bond donors (Lipinski definition) is 1. The van der Waals surface area contributed by atoms with Gasteiger partial charge in [-0.15, -0.1) is 0 Å². The molecular formula is C17H13FN4. The molecule has 0 aliphatic carbocycles. The lowest BCUT2D eigenvalue weighted by Crippen LogP contribution is -2.00. The summed E-state index contributed by atoms with van der Waals surface area (Å²) < 4.78 is 15.4. The first kappa shape index (κ1) is 13.8. The molecule has 0 atom stereocenters. The number of nitrogens with zero attached hydrogens (tertiary/aromatic N) is 3. The molecule has 3 aromatic rings. The molecule has 0 saturated heterocycles. The van der Waals surface area contributed by atoms with Crippen LogP contribution in [0.4, 0.5) is 15.8 Å². The van der Waals surface area contributed by atoms with Gasteiger partial charge in [0.1, 0.15) is 17.4 Å². The van der Waals surface area contributed by atoms with Crippen molar-refractivity contribution >= 4 is 11.4 Å². The second kappa shape index (κ2) is 5.70. The van der Waals surface area contributed by atoms with E-state index in [4.69, 9.17) is 5.26 Å². The monoisotopic (exact) mass is 292 g/mol. The molecule has 0 amide bonds. The highest BCUT2D eigenvalue weighted by Gasteiger charge is 2.12. The van der Waals surface area contributed by atoms with E-state index in [9.17, 15) is 4.39 Å². The van der Waals surface area contributed by atoms with Crippen molar-refractivity contribution in [1.29, 1.82) is 5.26 Å². The number of aromatic nitrogens is 2. The maximum atomic E-state index is 13.6. The summed E-state index contributed by atoms with van der Waals surface area (Å²) in [6.45, 7) is 1.91. The van der Waals surface area contributed by atoms with Crippen LogP contribution in [-0.2, 0) is 0 Å². The summed E-state index contributed by atoms with van der Waals surface area (Å²) >= 11 is 0. The van der Waals surface area contributed by atoms with Gasteiger partial charge in [-0.2, -0.15) is 10.4 Å². The Morgan fingerprint density at radius 2 is 1.86 bits per heavy atom. The van der Waals surface area contributed by atoms with Gasteiger partial charge in [0.2, 0.25) is 0 Å². The molecule has 0 radical (unpaired) electrons. The second-order valence-corrected chi connectivity index (χ2v) is 4.79. The highest BCUT2D eigenvalue weighted by molar-refractivity contribution is 5.68. The Kier molecular flexibility index (Phi) is 3.58. The minimum atomic E-state index is -0.541. The van der Waals surface area contributed by atoms with Gasteiger partial charge >= 0.3 is 0 Å². The first-order valence-corrected chi connectivity index (χ1v) is 6.76. The van der Waals surface area contributed by atoms with Crippen LogP contribution in [-0.4, -0.2) is 9.78 Å². The molecule has 4 nitrogen and oxygen atoms in total. The van der Waals surface area contributed by atoms with Crippen molar-refractivity contribution < 1.29 is 4.39 Å². The van der Waals surface area contributed by atoms with E-state index in [2.05, 4.69) is 10.4 Å². The summed E-state index contributed by atoms with van der Waals surface area (Å²) in [6.07, 6.45) is 1.66. The molecule has 108 valence electrons. The lowest BCUT2D eigenvalue weighted by molar-refractivity contribution is 0.624.